The van der Waals surface area contributed by atoms with Gasteiger partial charge in [-0.15, -0.1) is 0 Å². The van der Waals surface area contributed by atoms with Gasteiger partial charge in [0.2, 0.25) is 0 Å². The van der Waals surface area contributed by atoms with Crippen LogP contribution in [-0.4, -0.2) is 32.6 Å². The fraction of sp³-hybridized carbons (Fsp3) is 0.700. The standard InChI is InChI=1S/C10H16O4/c1-3-13-9(11)7-8-5-4-6-14-10(8)12-2/h7,10H,3-6H2,1-2H3/b8-7+. The zero-order valence-electron chi connectivity index (χ0n) is 8.62. The Morgan fingerprint density at radius 1 is 1.71 bits per heavy atom. The molecule has 0 aliphatic carbocycles. The van der Waals surface area contributed by atoms with E-state index in [1.807, 2.05) is 0 Å². The van der Waals surface area contributed by atoms with Gasteiger partial charge in [-0.1, -0.05) is 0 Å². The molecular formula is C10H16O4. The molecule has 80 valence electrons. The van der Waals surface area contributed by atoms with Gasteiger partial charge in [0, 0.05) is 13.2 Å². The van der Waals surface area contributed by atoms with Crippen LogP contribution in [0.2, 0.25) is 0 Å². The smallest absolute Gasteiger partial charge is 0.330 e. The van der Waals surface area contributed by atoms with E-state index >= 15 is 0 Å². The number of ether oxygens (including phenoxy) is 3. The topological polar surface area (TPSA) is 44.8 Å². The monoisotopic (exact) mass is 200 g/mol. The molecule has 0 aromatic carbocycles. The van der Waals surface area contributed by atoms with Crippen molar-refractivity contribution in [3.05, 3.63) is 11.6 Å². The van der Waals surface area contributed by atoms with Crippen molar-refractivity contribution in [2.75, 3.05) is 20.3 Å². The van der Waals surface area contributed by atoms with E-state index in [9.17, 15) is 4.79 Å². The van der Waals surface area contributed by atoms with Crippen molar-refractivity contribution in [3.8, 4) is 0 Å². The Labute approximate surface area is 83.8 Å². The van der Waals surface area contributed by atoms with Crippen molar-refractivity contribution in [3.63, 3.8) is 0 Å². The largest absolute Gasteiger partial charge is 0.463 e. The summed E-state index contributed by atoms with van der Waals surface area (Å²) in [5, 5.41) is 0. The Hall–Kier alpha value is -0.870. The van der Waals surface area contributed by atoms with Crippen LogP contribution in [0.5, 0.6) is 0 Å². The first-order valence-corrected chi connectivity index (χ1v) is 4.79. The maximum atomic E-state index is 11.2. The molecule has 1 aliphatic rings. The molecule has 1 fully saturated rings. The number of hydrogen-bond donors (Lipinski definition) is 0. The van der Waals surface area contributed by atoms with Gasteiger partial charge in [0.15, 0.2) is 6.29 Å². The molecule has 1 unspecified atom stereocenters. The molecule has 0 N–H and O–H groups in total. The van der Waals surface area contributed by atoms with E-state index in [0.717, 1.165) is 18.4 Å². The number of esters is 1. The summed E-state index contributed by atoms with van der Waals surface area (Å²) in [6.07, 6.45) is 2.84. The summed E-state index contributed by atoms with van der Waals surface area (Å²) in [4.78, 5) is 11.2. The average Bonchev–Trinajstić information content (AvgIpc) is 2.19. The van der Waals surface area contributed by atoms with Gasteiger partial charge < -0.3 is 14.2 Å². The van der Waals surface area contributed by atoms with E-state index in [0.29, 0.717) is 13.2 Å². The molecule has 1 heterocycles. The summed E-state index contributed by atoms with van der Waals surface area (Å²) in [6.45, 7) is 2.85. The van der Waals surface area contributed by atoms with Gasteiger partial charge in [-0.2, -0.15) is 0 Å². The number of carbonyl (C=O) groups is 1. The number of hydrogen-bond acceptors (Lipinski definition) is 4. The summed E-state index contributed by atoms with van der Waals surface area (Å²) in [7, 11) is 1.56. The van der Waals surface area contributed by atoms with Gasteiger partial charge in [-0.3, -0.25) is 0 Å². The second-order valence-corrected chi connectivity index (χ2v) is 3.01. The molecule has 0 aromatic heterocycles. The minimum atomic E-state index is -0.381. The molecule has 1 saturated heterocycles. The van der Waals surface area contributed by atoms with Gasteiger partial charge in [0.25, 0.3) is 0 Å². The Morgan fingerprint density at radius 3 is 3.14 bits per heavy atom. The van der Waals surface area contributed by atoms with Crippen LogP contribution >= 0.6 is 0 Å². The summed E-state index contributed by atoms with van der Waals surface area (Å²) >= 11 is 0. The van der Waals surface area contributed by atoms with Crippen LogP contribution in [0.15, 0.2) is 11.6 Å². The number of carbonyl (C=O) groups excluding carboxylic acids is 1. The highest BCUT2D eigenvalue weighted by molar-refractivity contribution is 5.82. The lowest BCUT2D eigenvalue weighted by Crippen LogP contribution is -2.24. The number of methoxy groups -OCH3 is 1. The van der Waals surface area contributed by atoms with Crippen LogP contribution in [0.25, 0.3) is 0 Å². The molecular weight excluding hydrogens is 184 g/mol. The normalized spacial score (nSPS) is 25.0. The summed E-state index contributed by atoms with van der Waals surface area (Å²) in [5.74, 6) is -0.324. The molecule has 0 aromatic rings. The summed E-state index contributed by atoms with van der Waals surface area (Å²) in [5.41, 5.74) is 0.859. The third-order valence-corrected chi connectivity index (χ3v) is 1.99. The van der Waals surface area contributed by atoms with Crippen LogP contribution in [-0.2, 0) is 19.0 Å². The molecule has 1 aliphatic heterocycles. The van der Waals surface area contributed by atoms with Crippen molar-refractivity contribution >= 4 is 5.97 Å². The molecule has 1 atom stereocenters. The predicted octanol–water partition coefficient (Wildman–Crippen LogP) is 1.26. The van der Waals surface area contributed by atoms with E-state index in [-0.39, 0.29) is 12.3 Å². The van der Waals surface area contributed by atoms with Crippen molar-refractivity contribution in [1.29, 1.82) is 0 Å². The molecule has 4 heteroatoms. The molecule has 0 amide bonds. The average molecular weight is 200 g/mol. The van der Waals surface area contributed by atoms with Gasteiger partial charge >= 0.3 is 5.97 Å². The molecule has 0 spiro atoms. The minimum absolute atomic E-state index is 0.324. The Morgan fingerprint density at radius 2 is 2.50 bits per heavy atom. The first-order chi connectivity index (χ1) is 6.77. The highest BCUT2D eigenvalue weighted by Crippen LogP contribution is 2.20. The van der Waals surface area contributed by atoms with E-state index in [4.69, 9.17) is 14.2 Å². The second kappa shape index (κ2) is 5.78. The first kappa shape index (κ1) is 11.2. The first-order valence-electron chi connectivity index (χ1n) is 4.79. The molecule has 0 radical (unpaired) electrons. The molecule has 1 rings (SSSR count). The van der Waals surface area contributed by atoms with E-state index in [1.54, 1.807) is 14.0 Å². The van der Waals surface area contributed by atoms with Crippen LogP contribution in [0, 0.1) is 0 Å². The van der Waals surface area contributed by atoms with Crippen molar-refractivity contribution in [1.82, 2.24) is 0 Å². The minimum Gasteiger partial charge on any atom is -0.463 e. The quantitative estimate of drug-likeness (QED) is 0.508. The lowest BCUT2D eigenvalue weighted by atomic mass is 10.1. The zero-order chi connectivity index (χ0) is 10.4. The lowest BCUT2D eigenvalue weighted by Gasteiger charge is -2.24. The van der Waals surface area contributed by atoms with Crippen LogP contribution < -0.4 is 0 Å². The van der Waals surface area contributed by atoms with Gasteiger partial charge in [-0.25, -0.2) is 4.79 Å². The molecule has 0 bridgehead atoms. The summed E-state index contributed by atoms with van der Waals surface area (Å²) < 4.78 is 15.2. The van der Waals surface area contributed by atoms with E-state index in [1.165, 1.54) is 6.08 Å². The molecule has 14 heavy (non-hydrogen) atoms. The van der Waals surface area contributed by atoms with Crippen molar-refractivity contribution in [2.24, 2.45) is 0 Å². The number of rotatable bonds is 3. The summed E-state index contributed by atoms with van der Waals surface area (Å²) in [6, 6.07) is 0. The van der Waals surface area contributed by atoms with E-state index in [2.05, 4.69) is 0 Å². The van der Waals surface area contributed by atoms with Gasteiger partial charge in [0.05, 0.1) is 13.2 Å². The van der Waals surface area contributed by atoms with Crippen LogP contribution in [0.1, 0.15) is 19.8 Å². The fourth-order valence-corrected chi connectivity index (χ4v) is 1.39. The van der Waals surface area contributed by atoms with Gasteiger partial charge in [0.1, 0.15) is 0 Å². The van der Waals surface area contributed by atoms with Crippen molar-refractivity contribution in [2.45, 2.75) is 26.1 Å². The molecule has 4 nitrogen and oxygen atoms in total. The van der Waals surface area contributed by atoms with Crippen molar-refractivity contribution < 1.29 is 19.0 Å². The predicted molar refractivity (Wildman–Crippen MR) is 50.7 cm³/mol. The van der Waals surface area contributed by atoms with Crippen LogP contribution in [0.3, 0.4) is 0 Å². The third kappa shape index (κ3) is 3.12. The fourth-order valence-electron chi connectivity index (χ4n) is 1.39. The lowest BCUT2D eigenvalue weighted by molar-refractivity contribution is -0.138. The van der Waals surface area contributed by atoms with Crippen LogP contribution in [0.4, 0.5) is 0 Å². The zero-order valence-corrected chi connectivity index (χ0v) is 8.62. The maximum absolute atomic E-state index is 11.2. The third-order valence-electron chi connectivity index (χ3n) is 1.99. The highest BCUT2D eigenvalue weighted by atomic mass is 16.7. The van der Waals surface area contributed by atoms with Gasteiger partial charge in [-0.05, 0) is 25.3 Å². The Balaban J connectivity index is 2.57. The highest BCUT2D eigenvalue weighted by Gasteiger charge is 2.19. The Kier molecular flexibility index (Phi) is 4.62. The SMILES string of the molecule is CCOC(=O)/C=C1\CCCOC1OC. The maximum Gasteiger partial charge on any atom is 0.330 e. The molecule has 0 saturated carbocycles. The Bertz CT molecular complexity index is 222. The van der Waals surface area contributed by atoms with E-state index < -0.39 is 0 Å². The second-order valence-electron chi connectivity index (χ2n) is 3.01.